The van der Waals surface area contributed by atoms with Gasteiger partial charge in [0.25, 0.3) is 0 Å². The van der Waals surface area contributed by atoms with Gasteiger partial charge >= 0.3 is 0 Å². The van der Waals surface area contributed by atoms with Crippen molar-refractivity contribution >= 4 is 29.3 Å². The molecule has 0 aromatic rings. The van der Waals surface area contributed by atoms with Crippen molar-refractivity contribution in [3.05, 3.63) is 0 Å². The van der Waals surface area contributed by atoms with Gasteiger partial charge in [-0.25, -0.2) is 0 Å². The number of rotatable bonds is 6. The van der Waals surface area contributed by atoms with Crippen molar-refractivity contribution in [1.82, 2.24) is 0 Å². The van der Waals surface area contributed by atoms with Gasteiger partial charge in [-0.3, -0.25) is 0 Å². The average molecular weight is 258 g/mol. The second-order valence-corrected chi connectivity index (χ2v) is 10.8. The number of thiol groups is 1. The van der Waals surface area contributed by atoms with E-state index in [1.807, 2.05) is 0 Å². The molecule has 0 rings (SSSR count). The maximum absolute atomic E-state index is 5.45. The SMILES string of the molecule is CCCCP(=S)(S)CCCC.[Ti]. The summed E-state index contributed by atoms with van der Waals surface area (Å²) in [7, 11) is 0. The van der Waals surface area contributed by atoms with Gasteiger partial charge in [-0.2, -0.15) is 0 Å². The Morgan fingerprint density at radius 1 is 1.08 bits per heavy atom. The van der Waals surface area contributed by atoms with Gasteiger partial charge in [-0.15, -0.1) is 12.2 Å². The first-order chi connectivity index (χ1) is 5.12. The maximum atomic E-state index is 5.45. The molecule has 0 atom stereocenters. The largest absolute Gasteiger partial charge is 0.141 e. The second kappa shape index (κ2) is 9.28. The molecule has 0 N–H and O–H groups in total. The van der Waals surface area contributed by atoms with E-state index in [0.717, 1.165) is 0 Å². The molecular weight excluding hydrogens is 239 g/mol. The molecule has 0 aromatic carbocycles. The first kappa shape index (κ1) is 16.2. The van der Waals surface area contributed by atoms with E-state index >= 15 is 0 Å². The van der Waals surface area contributed by atoms with Gasteiger partial charge < -0.3 is 0 Å². The summed E-state index contributed by atoms with van der Waals surface area (Å²) >= 11 is 10.0. The van der Waals surface area contributed by atoms with Crippen LogP contribution in [0.5, 0.6) is 0 Å². The van der Waals surface area contributed by atoms with Gasteiger partial charge in [0.15, 0.2) is 0 Å². The first-order valence-corrected chi connectivity index (χ1v) is 8.75. The minimum absolute atomic E-state index is 0. The van der Waals surface area contributed by atoms with E-state index in [-0.39, 0.29) is 21.7 Å². The van der Waals surface area contributed by atoms with Crippen molar-refractivity contribution in [2.45, 2.75) is 39.5 Å². The average Bonchev–Trinajstić information content (AvgIpc) is 1.97. The van der Waals surface area contributed by atoms with E-state index < -0.39 is 5.24 Å². The summed E-state index contributed by atoms with van der Waals surface area (Å²) in [6.45, 7) is 4.42. The second-order valence-electron chi connectivity index (χ2n) is 3.00. The zero-order valence-electron chi connectivity index (χ0n) is 8.05. The van der Waals surface area contributed by atoms with Gasteiger partial charge in [0, 0.05) is 27.0 Å². The van der Waals surface area contributed by atoms with Gasteiger partial charge in [0.1, 0.15) is 0 Å². The van der Waals surface area contributed by atoms with Crippen LogP contribution < -0.4 is 0 Å². The molecule has 72 valence electrons. The number of hydrogen-bond acceptors (Lipinski definition) is 1. The van der Waals surface area contributed by atoms with E-state index in [0.29, 0.717) is 0 Å². The number of unbranched alkanes of at least 4 members (excludes halogenated alkanes) is 2. The van der Waals surface area contributed by atoms with E-state index in [1.165, 1.54) is 38.0 Å². The molecule has 12 heavy (non-hydrogen) atoms. The summed E-state index contributed by atoms with van der Waals surface area (Å²) in [4.78, 5) is 0. The number of hydrogen-bond donors (Lipinski definition) is 1. The smallest absolute Gasteiger partial charge is 0.00343 e. The van der Waals surface area contributed by atoms with Crippen LogP contribution >= 0.6 is 17.5 Å². The van der Waals surface area contributed by atoms with Crippen LogP contribution in [0, 0.1) is 0 Å². The Morgan fingerprint density at radius 2 is 1.42 bits per heavy atom. The molecule has 0 saturated heterocycles. The zero-order chi connectivity index (χ0) is 8.74. The molecule has 0 aliphatic heterocycles. The Balaban J connectivity index is 0. The fraction of sp³-hybridized carbons (Fsp3) is 1.00. The molecule has 4 heteroatoms. The Kier molecular flexibility index (Phi) is 12.5. The van der Waals surface area contributed by atoms with Crippen LogP contribution in [0.15, 0.2) is 0 Å². The van der Waals surface area contributed by atoms with Crippen molar-refractivity contribution in [1.29, 1.82) is 0 Å². The van der Waals surface area contributed by atoms with Crippen molar-refractivity contribution in [2.24, 2.45) is 0 Å². The van der Waals surface area contributed by atoms with Crippen molar-refractivity contribution < 1.29 is 21.7 Å². The molecule has 0 aliphatic carbocycles. The minimum atomic E-state index is -1.20. The van der Waals surface area contributed by atoms with Crippen LogP contribution in [-0.4, -0.2) is 12.3 Å². The molecule has 0 bridgehead atoms. The van der Waals surface area contributed by atoms with Crippen LogP contribution in [0.3, 0.4) is 0 Å². The molecule has 0 spiro atoms. The fourth-order valence-electron chi connectivity index (χ4n) is 0.922. The van der Waals surface area contributed by atoms with Gasteiger partial charge in [-0.1, -0.05) is 38.5 Å². The van der Waals surface area contributed by atoms with E-state index in [2.05, 4.69) is 26.1 Å². The predicted octanol–water partition coefficient (Wildman–Crippen LogP) is 3.91. The molecule has 0 aliphatic rings. The third-order valence-electron chi connectivity index (χ3n) is 1.72. The van der Waals surface area contributed by atoms with Crippen molar-refractivity contribution in [2.75, 3.05) is 12.3 Å². The normalized spacial score (nSPS) is 10.9. The molecule has 0 aromatic heterocycles. The standard InChI is InChI=1S/C8H19PS2.Ti/c1-3-5-7-9(10,11)8-6-4-2;/h3-8H2,1-2H3,(H,10,11);. The topological polar surface area (TPSA) is 0 Å². The molecule has 0 fully saturated rings. The Hall–Kier alpha value is 1.71. The first-order valence-electron chi connectivity index (χ1n) is 4.43. The van der Waals surface area contributed by atoms with Crippen molar-refractivity contribution in [3.8, 4) is 0 Å². The maximum Gasteiger partial charge on any atom is 0.00343 e. The van der Waals surface area contributed by atoms with Crippen LogP contribution in [0.4, 0.5) is 0 Å². The monoisotopic (exact) mass is 258 g/mol. The zero-order valence-corrected chi connectivity index (χ0v) is 12.2. The fourth-order valence-corrected chi connectivity index (χ4v) is 4.39. The summed E-state index contributed by atoms with van der Waals surface area (Å²) in [6.07, 6.45) is 7.44. The van der Waals surface area contributed by atoms with Crippen LogP contribution in [0.25, 0.3) is 0 Å². The van der Waals surface area contributed by atoms with Gasteiger partial charge in [0.2, 0.25) is 0 Å². The predicted molar refractivity (Wildman–Crippen MR) is 62.8 cm³/mol. The Bertz CT molecular complexity index is 127. The van der Waals surface area contributed by atoms with E-state index in [9.17, 15) is 0 Å². The van der Waals surface area contributed by atoms with Crippen LogP contribution in [-0.2, 0) is 33.5 Å². The van der Waals surface area contributed by atoms with Crippen LogP contribution in [0.2, 0.25) is 0 Å². The molecule has 0 amide bonds. The van der Waals surface area contributed by atoms with Crippen molar-refractivity contribution in [3.63, 3.8) is 0 Å². The molecule has 0 saturated carbocycles. The quantitative estimate of drug-likeness (QED) is 0.428. The Morgan fingerprint density at radius 3 is 1.67 bits per heavy atom. The summed E-state index contributed by atoms with van der Waals surface area (Å²) in [6, 6.07) is 0. The third kappa shape index (κ3) is 9.80. The summed E-state index contributed by atoms with van der Waals surface area (Å²) in [5, 5.41) is -1.20. The molecule has 0 radical (unpaired) electrons. The van der Waals surface area contributed by atoms with E-state index in [4.69, 9.17) is 11.8 Å². The Labute approximate surface area is 102 Å². The minimum Gasteiger partial charge on any atom is -0.141 e. The summed E-state index contributed by atoms with van der Waals surface area (Å²) in [5.41, 5.74) is 0. The third-order valence-corrected chi connectivity index (χ3v) is 6.05. The van der Waals surface area contributed by atoms with Gasteiger partial charge in [-0.05, 0) is 25.2 Å². The van der Waals surface area contributed by atoms with E-state index in [1.54, 1.807) is 0 Å². The molecule has 0 heterocycles. The van der Waals surface area contributed by atoms with Crippen LogP contribution in [0.1, 0.15) is 39.5 Å². The molecular formula is C8H19PS2Ti. The summed E-state index contributed by atoms with van der Waals surface area (Å²) < 4.78 is 0. The molecule has 0 unspecified atom stereocenters. The molecule has 0 nitrogen and oxygen atoms in total. The summed E-state index contributed by atoms with van der Waals surface area (Å²) in [5.74, 6) is 0. The van der Waals surface area contributed by atoms with Gasteiger partial charge in [0.05, 0.1) is 0 Å².